The van der Waals surface area contributed by atoms with E-state index in [1.165, 1.54) is 41.1 Å². The number of halogens is 1. The molecule has 4 rings (SSSR count). The molecule has 2 aromatic heterocycles. The summed E-state index contributed by atoms with van der Waals surface area (Å²) >= 11 is 0. The fourth-order valence-electron chi connectivity index (χ4n) is 3.47. The van der Waals surface area contributed by atoms with Crippen LogP contribution in [0.2, 0.25) is 0 Å². The van der Waals surface area contributed by atoms with Gasteiger partial charge in [-0.25, -0.2) is 13.9 Å². The molecule has 2 N–H and O–H groups in total. The van der Waals surface area contributed by atoms with Crippen molar-refractivity contribution in [1.82, 2.24) is 20.3 Å². The molecule has 2 heterocycles. The number of benzene rings is 2. The number of nitrogens with one attached hydrogen (secondary N) is 1. The predicted octanol–water partition coefficient (Wildman–Crippen LogP) is 4.25. The maximum atomic E-state index is 13.3. The Kier molecular flexibility index (Phi) is 6.91. The number of aromatic nitrogens is 3. The molecular weight excluding hydrogens is 455 g/mol. The van der Waals surface area contributed by atoms with E-state index in [2.05, 4.69) is 15.6 Å². The Hall–Kier alpha value is -4.47. The number of hydrogen-bond acceptors (Lipinski definition) is 6. The number of carboxylic acid groups (broad SMARTS) is 1. The van der Waals surface area contributed by atoms with Crippen LogP contribution in [0.25, 0.3) is 11.5 Å². The molecule has 35 heavy (non-hydrogen) atoms. The molecule has 0 radical (unpaired) electrons. The van der Waals surface area contributed by atoms with E-state index in [0.29, 0.717) is 17.3 Å². The van der Waals surface area contributed by atoms with Crippen LogP contribution in [-0.4, -0.2) is 38.6 Å². The second-order valence-electron chi connectivity index (χ2n) is 7.84. The summed E-state index contributed by atoms with van der Waals surface area (Å²) < 4.78 is 25.8. The standard InChI is InChI=1S/C25H23FN4O5/c1-15-3-12-21(35-15)22-23(24(31)27-16(2)17-4-6-18(7-5-17)25(32)33)30(29-28-22)13-14-34-20-10-8-19(26)9-11-20/h3-12,16H,13-14H2,1-2H3,(H,27,31)(H,32,33). The third kappa shape index (κ3) is 5.55. The lowest BCUT2D eigenvalue weighted by atomic mass is 10.1. The minimum atomic E-state index is -1.02. The van der Waals surface area contributed by atoms with E-state index in [-0.39, 0.29) is 35.9 Å². The van der Waals surface area contributed by atoms with Crippen molar-refractivity contribution in [2.45, 2.75) is 26.4 Å². The minimum Gasteiger partial charge on any atom is -0.492 e. The normalized spacial score (nSPS) is 11.7. The zero-order valence-electron chi connectivity index (χ0n) is 19.1. The summed E-state index contributed by atoms with van der Waals surface area (Å²) in [5, 5.41) is 20.3. The molecule has 2 aromatic carbocycles. The summed E-state index contributed by atoms with van der Waals surface area (Å²) in [4.78, 5) is 24.4. The largest absolute Gasteiger partial charge is 0.492 e. The highest BCUT2D eigenvalue weighted by atomic mass is 19.1. The Morgan fingerprint density at radius 2 is 1.83 bits per heavy atom. The average molecular weight is 478 g/mol. The van der Waals surface area contributed by atoms with Crippen molar-refractivity contribution < 1.29 is 28.2 Å². The molecule has 0 aliphatic carbocycles. The van der Waals surface area contributed by atoms with E-state index in [1.54, 1.807) is 38.1 Å². The van der Waals surface area contributed by atoms with Crippen LogP contribution in [0.1, 0.15) is 45.1 Å². The molecule has 0 bridgehead atoms. The van der Waals surface area contributed by atoms with Gasteiger partial charge in [-0.3, -0.25) is 4.79 Å². The molecule has 0 aliphatic heterocycles. The minimum absolute atomic E-state index is 0.159. The number of aromatic carboxylic acids is 1. The van der Waals surface area contributed by atoms with E-state index in [0.717, 1.165) is 5.56 Å². The van der Waals surface area contributed by atoms with Gasteiger partial charge in [-0.05, 0) is 67.9 Å². The van der Waals surface area contributed by atoms with Crippen LogP contribution < -0.4 is 10.1 Å². The first-order valence-electron chi connectivity index (χ1n) is 10.8. The fraction of sp³-hybridized carbons (Fsp3) is 0.200. The lowest BCUT2D eigenvalue weighted by molar-refractivity contribution is 0.0696. The number of nitrogens with zero attached hydrogens (tertiary/aromatic N) is 3. The second-order valence-corrected chi connectivity index (χ2v) is 7.84. The van der Waals surface area contributed by atoms with Crippen LogP contribution in [-0.2, 0) is 6.54 Å². The third-order valence-corrected chi connectivity index (χ3v) is 5.31. The molecule has 4 aromatic rings. The van der Waals surface area contributed by atoms with Gasteiger partial charge in [-0.15, -0.1) is 5.10 Å². The number of carboxylic acids is 1. The maximum absolute atomic E-state index is 13.3. The fourth-order valence-corrected chi connectivity index (χ4v) is 3.47. The zero-order chi connectivity index (χ0) is 24.9. The SMILES string of the molecule is Cc1ccc(-c2nnn(CCOc3ccc(F)cc3)c2C(=O)NC(C)c2ccc(C(=O)O)cc2)o1. The van der Waals surface area contributed by atoms with Crippen molar-refractivity contribution >= 4 is 11.9 Å². The summed E-state index contributed by atoms with van der Waals surface area (Å²) in [5.74, 6) is -0.278. The summed E-state index contributed by atoms with van der Waals surface area (Å²) in [6.45, 7) is 3.94. The van der Waals surface area contributed by atoms with Gasteiger partial charge in [0.05, 0.1) is 18.2 Å². The molecule has 0 spiro atoms. The van der Waals surface area contributed by atoms with Crippen molar-refractivity contribution in [2.24, 2.45) is 0 Å². The van der Waals surface area contributed by atoms with Gasteiger partial charge in [-0.2, -0.15) is 0 Å². The molecular formula is C25H23FN4O5. The van der Waals surface area contributed by atoms with Gasteiger partial charge >= 0.3 is 5.97 Å². The second kappa shape index (κ2) is 10.2. The number of aryl methyl sites for hydroxylation is 1. The van der Waals surface area contributed by atoms with Gasteiger partial charge in [0.1, 0.15) is 23.9 Å². The van der Waals surface area contributed by atoms with Gasteiger partial charge in [0.2, 0.25) is 0 Å². The Labute approximate surface area is 200 Å². The number of amides is 1. The summed E-state index contributed by atoms with van der Waals surface area (Å²) in [6.07, 6.45) is 0. The van der Waals surface area contributed by atoms with Crippen LogP contribution >= 0.6 is 0 Å². The molecule has 10 heteroatoms. The van der Waals surface area contributed by atoms with E-state index in [1.807, 2.05) is 0 Å². The lowest BCUT2D eigenvalue weighted by Crippen LogP contribution is -2.30. The van der Waals surface area contributed by atoms with Gasteiger partial charge in [0, 0.05) is 0 Å². The molecule has 1 atom stereocenters. The average Bonchev–Trinajstić information content (AvgIpc) is 3.46. The Morgan fingerprint density at radius 3 is 2.46 bits per heavy atom. The monoisotopic (exact) mass is 478 g/mol. The molecule has 1 amide bonds. The van der Waals surface area contributed by atoms with Crippen LogP contribution in [0, 0.1) is 12.7 Å². The Morgan fingerprint density at radius 1 is 1.11 bits per heavy atom. The molecule has 0 saturated carbocycles. The number of ether oxygens (including phenoxy) is 1. The van der Waals surface area contributed by atoms with E-state index in [4.69, 9.17) is 14.3 Å². The quantitative estimate of drug-likeness (QED) is 0.369. The molecule has 9 nitrogen and oxygen atoms in total. The first kappa shape index (κ1) is 23.7. The number of hydrogen-bond donors (Lipinski definition) is 2. The highest BCUT2D eigenvalue weighted by Crippen LogP contribution is 2.25. The van der Waals surface area contributed by atoms with E-state index >= 15 is 0 Å². The molecule has 0 fully saturated rings. The first-order valence-corrected chi connectivity index (χ1v) is 10.8. The summed E-state index contributed by atoms with van der Waals surface area (Å²) in [5.41, 5.74) is 1.37. The van der Waals surface area contributed by atoms with Gasteiger partial charge in [0.15, 0.2) is 17.1 Å². The number of furan rings is 1. The summed E-state index contributed by atoms with van der Waals surface area (Å²) in [6, 6.07) is 14.9. The van der Waals surface area contributed by atoms with Gasteiger partial charge in [0.25, 0.3) is 5.91 Å². The van der Waals surface area contributed by atoms with E-state index in [9.17, 15) is 14.0 Å². The van der Waals surface area contributed by atoms with Crippen LogP contribution in [0.4, 0.5) is 4.39 Å². The number of rotatable bonds is 9. The highest BCUT2D eigenvalue weighted by molar-refractivity contribution is 5.98. The molecule has 0 aliphatic rings. The number of carbonyl (C=O) groups is 2. The van der Waals surface area contributed by atoms with Crippen LogP contribution in [0.15, 0.2) is 65.1 Å². The molecule has 1 unspecified atom stereocenters. The topological polar surface area (TPSA) is 119 Å². The van der Waals surface area contributed by atoms with E-state index < -0.39 is 17.9 Å². The lowest BCUT2D eigenvalue weighted by Gasteiger charge is -2.16. The van der Waals surface area contributed by atoms with Crippen molar-refractivity contribution in [3.8, 4) is 17.2 Å². The Balaban J connectivity index is 1.54. The van der Waals surface area contributed by atoms with Crippen molar-refractivity contribution in [2.75, 3.05) is 6.61 Å². The number of carbonyl (C=O) groups excluding carboxylic acids is 1. The van der Waals surface area contributed by atoms with Crippen molar-refractivity contribution in [3.63, 3.8) is 0 Å². The van der Waals surface area contributed by atoms with Crippen molar-refractivity contribution in [3.05, 3.63) is 89.1 Å². The van der Waals surface area contributed by atoms with Crippen LogP contribution in [0.5, 0.6) is 5.75 Å². The molecule has 180 valence electrons. The smallest absolute Gasteiger partial charge is 0.335 e. The van der Waals surface area contributed by atoms with Crippen molar-refractivity contribution in [1.29, 1.82) is 0 Å². The van der Waals surface area contributed by atoms with Gasteiger partial charge < -0.3 is 19.6 Å². The first-order chi connectivity index (χ1) is 16.8. The third-order valence-electron chi connectivity index (χ3n) is 5.31. The Bertz CT molecular complexity index is 1330. The maximum Gasteiger partial charge on any atom is 0.335 e. The highest BCUT2D eigenvalue weighted by Gasteiger charge is 2.25. The molecule has 0 saturated heterocycles. The van der Waals surface area contributed by atoms with Gasteiger partial charge in [-0.1, -0.05) is 17.3 Å². The summed E-state index contributed by atoms with van der Waals surface area (Å²) in [7, 11) is 0. The zero-order valence-corrected chi connectivity index (χ0v) is 19.1. The predicted molar refractivity (Wildman–Crippen MR) is 124 cm³/mol. The van der Waals surface area contributed by atoms with Crippen LogP contribution in [0.3, 0.4) is 0 Å².